The van der Waals surface area contributed by atoms with Crippen LogP contribution in [0.2, 0.25) is 0 Å². The Kier molecular flexibility index (Phi) is 3.36. The van der Waals surface area contributed by atoms with Gasteiger partial charge in [0.25, 0.3) is 5.91 Å². The summed E-state index contributed by atoms with van der Waals surface area (Å²) in [6.45, 7) is 3.99. The Morgan fingerprint density at radius 1 is 1.30 bits per heavy atom. The van der Waals surface area contributed by atoms with Gasteiger partial charge in [0.05, 0.1) is 12.1 Å². The molecule has 1 aromatic heterocycles. The van der Waals surface area contributed by atoms with Crippen molar-refractivity contribution in [1.82, 2.24) is 4.98 Å². The molecule has 2 heterocycles. The zero-order chi connectivity index (χ0) is 14.1. The highest BCUT2D eigenvalue weighted by atomic mass is 32.1. The summed E-state index contributed by atoms with van der Waals surface area (Å²) in [5, 5.41) is 8.23. The second kappa shape index (κ2) is 5.17. The van der Waals surface area contributed by atoms with Crippen LogP contribution in [-0.2, 0) is 11.2 Å². The predicted molar refractivity (Wildman–Crippen MR) is 82.1 cm³/mol. The number of aromatic nitrogens is 1. The first-order valence-electron chi connectivity index (χ1n) is 6.59. The Balaban J connectivity index is 1.88. The van der Waals surface area contributed by atoms with Gasteiger partial charge < -0.3 is 0 Å². The number of rotatable bonds is 3. The van der Waals surface area contributed by atoms with Crippen LogP contribution in [-0.4, -0.2) is 16.6 Å². The van der Waals surface area contributed by atoms with Crippen LogP contribution in [0.1, 0.15) is 25.8 Å². The van der Waals surface area contributed by atoms with Crippen LogP contribution in [0, 0.1) is 0 Å². The number of thiazole rings is 1. The molecule has 1 aromatic carbocycles. The summed E-state index contributed by atoms with van der Waals surface area (Å²) in [4.78, 5) is 16.3. The molecule has 20 heavy (non-hydrogen) atoms. The Bertz CT molecular complexity index is 673. The van der Waals surface area contributed by atoms with Crippen molar-refractivity contribution in [3.05, 3.63) is 35.2 Å². The van der Waals surface area contributed by atoms with Crippen LogP contribution >= 0.6 is 11.3 Å². The molecule has 0 bridgehead atoms. The monoisotopic (exact) mass is 285 g/mol. The number of hydrazone groups is 1. The lowest BCUT2D eigenvalue weighted by Crippen LogP contribution is -2.19. The number of hydrogen-bond donors (Lipinski definition) is 0. The van der Waals surface area contributed by atoms with Gasteiger partial charge in [0.15, 0.2) is 0 Å². The molecule has 3 rings (SSSR count). The minimum Gasteiger partial charge on any atom is -0.272 e. The van der Waals surface area contributed by atoms with Crippen molar-refractivity contribution in [3.63, 3.8) is 0 Å². The Labute approximate surface area is 121 Å². The highest BCUT2D eigenvalue weighted by molar-refractivity contribution is 7.14. The molecule has 0 spiro atoms. The first-order valence-corrected chi connectivity index (χ1v) is 7.47. The number of hydrogen-bond acceptors (Lipinski definition) is 4. The fourth-order valence-electron chi connectivity index (χ4n) is 2.11. The molecule has 0 fully saturated rings. The number of amides is 1. The lowest BCUT2D eigenvalue weighted by Gasteiger charge is -2.06. The van der Waals surface area contributed by atoms with Crippen LogP contribution in [0.15, 0.2) is 34.7 Å². The highest BCUT2D eigenvalue weighted by Gasteiger charge is 2.25. The van der Waals surface area contributed by atoms with Gasteiger partial charge in [0.1, 0.15) is 0 Å². The minimum atomic E-state index is -0.00951. The van der Waals surface area contributed by atoms with E-state index in [0.29, 0.717) is 11.6 Å². The summed E-state index contributed by atoms with van der Waals surface area (Å²) in [5.41, 5.74) is 4.09. The average molecular weight is 285 g/mol. The van der Waals surface area contributed by atoms with E-state index in [1.54, 1.807) is 0 Å². The fourth-order valence-corrected chi connectivity index (χ4v) is 2.91. The normalized spacial score (nSPS) is 14.8. The van der Waals surface area contributed by atoms with Gasteiger partial charge in [-0.15, -0.1) is 11.3 Å². The molecule has 0 N–H and O–H groups in total. The first kappa shape index (κ1) is 13.0. The van der Waals surface area contributed by atoms with E-state index in [2.05, 4.69) is 41.3 Å². The molecule has 102 valence electrons. The molecule has 5 heteroatoms. The molecular weight excluding hydrogens is 270 g/mol. The van der Waals surface area contributed by atoms with Crippen LogP contribution < -0.4 is 5.01 Å². The maximum absolute atomic E-state index is 11.8. The van der Waals surface area contributed by atoms with Crippen molar-refractivity contribution in [2.75, 3.05) is 5.01 Å². The van der Waals surface area contributed by atoms with Crippen LogP contribution in [0.5, 0.6) is 0 Å². The molecule has 1 aliphatic heterocycles. The first-order chi connectivity index (χ1) is 9.67. The van der Waals surface area contributed by atoms with E-state index in [0.717, 1.165) is 23.4 Å². The zero-order valence-corrected chi connectivity index (χ0v) is 12.3. The smallest absolute Gasteiger partial charge is 0.255 e. The average Bonchev–Trinajstić information content (AvgIpc) is 3.05. The topological polar surface area (TPSA) is 45.6 Å². The standard InChI is InChI=1S/C15H15N3OS/c1-3-11-4-6-12(7-5-11)13-9-20-15(16-13)18-14(19)8-10(2)17-18/h4-7,9H,3,8H2,1-2H3. The van der Waals surface area contributed by atoms with Gasteiger partial charge in [0.2, 0.25) is 5.13 Å². The van der Waals surface area contributed by atoms with Crippen LogP contribution in [0.25, 0.3) is 11.3 Å². The summed E-state index contributed by atoms with van der Waals surface area (Å²) < 4.78 is 0. The molecule has 0 saturated heterocycles. The summed E-state index contributed by atoms with van der Waals surface area (Å²) >= 11 is 1.44. The second-order valence-electron chi connectivity index (χ2n) is 4.78. The largest absolute Gasteiger partial charge is 0.272 e. The van der Waals surface area contributed by atoms with Crippen LogP contribution in [0.3, 0.4) is 0 Å². The van der Waals surface area contributed by atoms with Gasteiger partial charge in [-0.2, -0.15) is 10.1 Å². The lowest BCUT2D eigenvalue weighted by molar-refractivity contribution is -0.116. The van der Waals surface area contributed by atoms with E-state index >= 15 is 0 Å². The summed E-state index contributed by atoms with van der Waals surface area (Å²) in [6.07, 6.45) is 1.42. The maximum Gasteiger partial charge on any atom is 0.255 e. The zero-order valence-electron chi connectivity index (χ0n) is 11.5. The number of carbonyl (C=O) groups excluding carboxylic acids is 1. The summed E-state index contributed by atoms with van der Waals surface area (Å²) in [6, 6.07) is 8.35. The molecule has 2 aromatic rings. The molecule has 1 amide bonds. The van der Waals surface area contributed by atoms with E-state index in [9.17, 15) is 4.79 Å². The third-order valence-corrected chi connectivity index (χ3v) is 4.06. The van der Waals surface area contributed by atoms with Gasteiger partial charge in [-0.3, -0.25) is 4.79 Å². The molecule has 0 aliphatic carbocycles. The van der Waals surface area contributed by atoms with Crippen molar-refractivity contribution in [1.29, 1.82) is 0 Å². The summed E-state index contributed by atoms with van der Waals surface area (Å²) in [5.74, 6) is -0.00951. The van der Waals surface area contributed by atoms with E-state index in [-0.39, 0.29) is 5.91 Å². The SMILES string of the molecule is CCc1ccc(-c2csc(N3N=C(C)CC3=O)n2)cc1. The number of nitrogens with zero attached hydrogens (tertiary/aromatic N) is 3. The number of aryl methyl sites for hydroxylation is 1. The second-order valence-corrected chi connectivity index (χ2v) is 5.62. The minimum absolute atomic E-state index is 0.00951. The van der Waals surface area contributed by atoms with Crippen molar-refractivity contribution in [3.8, 4) is 11.3 Å². The highest BCUT2D eigenvalue weighted by Crippen LogP contribution is 2.29. The molecule has 0 radical (unpaired) electrons. The molecular formula is C15H15N3OS. The Morgan fingerprint density at radius 3 is 2.65 bits per heavy atom. The predicted octanol–water partition coefficient (Wildman–Crippen LogP) is 3.49. The van der Waals surface area contributed by atoms with Gasteiger partial charge in [-0.1, -0.05) is 31.2 Å². The van der Waals surface area contributed by atoms with E-state index in [1.807, 2.05) is 12.3 Å². The summed E-state index contributed by atoms with van der Waals surface area (Å²) in [7, 11) is 0. The maximum atomic E-state index is 11.8. The van der Waals surface area contributed by atoms with Crippen molar-refractivity contribution >= 4 is 28.1 Å². The Morgan fingerprint density at radius 2 is 2.05 bits per heavy atom. The van der Waals surface area contributed by atoms with E-state index in [1.165, 1.54) is 21.9 Å². The number of benzene rings is 1. The van der Waals surface area contributed by atoms with E-state index < -0.39 is 0 Å². The molecule has 0 unspecified atom stereocenters. The van der Waals surface area contributed by atoms with Crippen molar-refractivity contribution in [2.24, 2.45) is 5.10 Å². The Hall–Kier alpha value is -2.01. The van der Waals surface area contributed by atoms with Gasteiger partial charge in [0, 0.05) is 16.7 Å². The van der Waals surface area contributed by atoms with Gasteiger partial charge in [-0.05, 0) is 18.9 Å². The lowest BCUT2D eigenvalue weighted by atomic mass is 10.1. The molecule has 0 saturated carbocycles. The number of anilines is 1. The fraction of sp³-hybridized carbons (Fsp3) is 0.267. The number of carbonyl (C=O) groups is 1. The third kappa shape index (κ3) is 2.36. The van der Waals surface area contributed by atoms with Gasteiger partial charge in [-0.25, -0.2) is 4.98 Å². The molecule has 1 aliphatic rings. The molecule has 4 nitrogen and oxygen atoms in total. The quantitative estimate of drug-likeness (QED) is 0.866. The third-order valence-electron chi connectivity index (χ3n) is 3.25. The van der Waals surface area contributed by atoms with Crippen molar-refractivity contribution in [2.45, 2.75) is 26.7 Å². The van der Waals surface area contributed by atoms with Gasteiger partial charge >= 0.3 is 0 Å². The van der Waals surface area contributed by atoms with Crippen LogP contribution in [0.4, 0.5) is 5.13 Å². The molecule has 0 atom stereocenters. The van der Waals surface area contributed by atoms with Crippen molar-refractivity contribution < 1.29 is 4.79 Å². The van der Waals surface area contributed by atoms with E-state index in [4.69, 9.17) is 0 Å².